The van der Waals surface area contributed by atoms with E-state index in [1.165, 1.54) is 6.20 Å². The summed E-state index contributed by atoms with van der Waals surface area (Å²) in [5.41, 5.74) is 0.423. The van der Waals surface area contributed by atoms with Crippen molar-refractivity contribution in [3.8, 4) is 0 Å². The second-order valence-corrected chi connectivity index (χ2v) is 9.58. The molecule has 3 aromatic rings. The minimum absolute atomic E-state index is 0.143. The van der Waals surface area contributed by atoms with Gasteiger partial charge in [0, 0.05) is 25.3 Å². The second-order valence-electron chi connectivity index (χ2n) is 7.87. The first-order chi connectivity index (χ1) is 15.5. The number of carbonyl (C=O) groups excluding carboxylic acids is 1. The first-order valence-electron chi connectivity index (χ1n) is 10.9. The maximum Gasteiger partial charge on any atom is 0.339 e. The zero-order valence-electron chi connectivity index (χ0n) is 18.0. The molecule has 0 amide bonds. The highest BCUT2D eigenvalue weighted by atomic mass is 32.2. The molecule has 4 rings (SSSR count). The number of benzene rings is 2. The van der Waals surface area contributed by atoms with E-state index in [2.05, 4.69) is 14.6 Å². The van der Waals surface area contributed by atoms with Gasteiger partial charge < -0.3 is 9.64 Å². The van der Waals surface area contributed by atoms with E-state index in [0.29, 0.717) is 25.1 Å². The number of anilines is 1. The highest BCUT2D eigenvalue weighted by Gasteiger charge is 2.24. The molecule has 1 aromatic heterocycles. The van der Waals surface area contributed by atoms with Gasteiger partial charge in [0.15, 0.2) is 0 Å². The smallest absolute Gasteiger partial charge is 0.339 e. The lowest BCUT2D eigenvalue weighted by molar-refractivity contribution is 0.0526. The van der Waals surface area contributed by atoms with E-state index in [9.17, 15) is 13.2 Å². The van der Waals surface area contributed by atoms with Gasteiger partial charge in [-0.3, -0.25) is 0 Å². The number of carbonyl (C=O) groups is 1. The molecule has 0 radical (unpaired) electrons. The molecular formula is C24H27N3O4S. The second kappa shape index (κ2) is 9.67. The van der Waals surface area contributed by atoms with Gasteiger partial charge in [-0.1, -0.05) is 30.3 Å². The molecule has 0 saturated carbocycles. The number of nitrogens with one attached hydrogen (secondary N) is 1. The van der Waals surface area contributed by atoms with Crippen LogP contribution < -0.4 is 9.62 Å². The summed E-state index contributed by atoms with van der Waals surface area (Å²) in [6.07, 6.45) is 3.79. The molecule has 1 aliphatic heterocycles. The highest BCUT2D eigenvalue weighted by Crippen LogP contribution is 2.22. The summed E-state index contributed by atoms with van der Waals surface area (Å²) in [6.45, 7) is 3.54. The fourth-order valence-corrected chi connectivity index (χ4v) is 5.31. The normalized spacial score (nSPS) is 17.2. The zero-order chi connectivity index (χ0) is 22.6. The zero-order valence-corrected chi connectivity index (χ0v) is 18.8. The van der Waals surface area contributed by atoms with Gasteiger partial charge in [-0.2, -0.15) is 0 Å². The average Bonchev–Trinajstić information content (AvgIpc) is 3.04. The molecule has 0 spiro atoms. The Labute approximate surface area is 188 Å². The van der Waals surface area contributed by atoms with Gasteiger partial charge in [-0.25, -0.2) is 22.9 Å². The van der Waals surface area contributed by atoms with E-state index in [1.54, 1.807) is 25.1 Å². The van der Waals surface area contributed by atoms with E-state index in [0.717, 1.165) is 36.0 Å². The lowest BCUT2D eigenvalue weighted by atomic mass is 10.1. The standard InChI is InChI=1S/C24H27N3O4S/c1-2-31-24(28)20-10-12-23(25-17-20)27-14-5-8-21(13-15-27)26-32(29,30)22-11-9-18-6-3-4-7-19(18)16-22/h3-4,6-7,9-12,16-17,21,26H,2,5,8,13-15H2,1H3. The van der Waals surface area contributed by atoms with E-state index < -0.39 is 10.0 Å². The summed E-state index contributed by atoms with van der Waals surface area (Å²) < 4.78 is 33.8. The number of fused-ring (bicyclic) bond motifs is 1. The average molecular weight is 454 g/mol. The largest absolute Gasteiger partial charge is 0.462 e. The van der Waals surface area contributed by atoms with Crippen LogP contribution in [-0.2, 0) is 14.8 Å². The van der Waals surface area contributed by atoms with Crippen molar-refractivity contribution < 1.29 is 17.9 Å². The molecule has 32 heavy (non-hydrogen) atoms. The molecule has 168 valence electrons. The third-order valence-electron chi connectivity index (χ3n) is 5.66. The van der Waals surface area contributed by atoms with Gasteiger partial charge in [-0.05, 0) is 61.2 Å². The minimum Gasteiger partial charge on any atom is -0.462 e. The van der Waals surface area contributed by atoms with Crippen molar-refractivity contribution in [2.24, 2.45) is 0 Å². The number of pyridine rings is 1. The van der Waals surface area contributed by atoms with Gasteiger partial charge in [0.25, 0.3) is 0 Å². The van der Waals surface area contributed by atoms with E-state index in [4.69, 9.17) is 4.74 Å². The van der Waals surface area contributed by atoms with Crippen LogP contribution >= 0.6 is 0 Å². The Bertz CT molecular complexity index is 1200. The summed E-state index contributed by atoms with van der Waals surface area (Å²) in [5.74, 6) is 0.390. The van der Waals surface area contributed by atoms with Gasteiger partial charge in [0.05, 0.1) is 17.1 Å². The number of esters is 1. The SMILES string of the molecule is CCOC(=O)c1ccc(N2CCCC(NS(=O)(=O)c3ccc4ccccc4c3)CC2)nc1. The van der Waals surface area contributed by atoms with Crippen molar-refractivity contribution in [2.75, 3.05) is 24.6 Å². The van der Waals surface area contributed by atoms with Crippen LogP contribution in [0, 0.1) is 0 Å². The maximum absolute atomic E-state index is 13.0. The van der Waals surface area contributed by atoms with Crippen LogP contribution in [0.25, 0.3) is 10.8 Å². The van der Waals surface area contributed by atoms with Crippen molar-refractivity contribution in [3.05, 3.63) is 66.4 Å². The summed E-state index contributed by atoms with van der Waals surface area (Å²) >= 11 is 0. The van der Waals surface area contributed by atoms with Crippen LogP contribution in [0.15, 0.2) is 65.7 Å². The van der Waals surface area contributed by atoms with Crippen LogP contribution in [0.1, 0.15) is 36.5 Å². The maximum atomic E-state index is 13.0. The Morgan fingerprint density at radius 3 is 2.66 bits per heavy atom. The van der Waals surface area contributed by atoms with Crippen LogP contribution in [0.2, 0.25) is 0 Å². The Balaban J connectivity index is 1.41. The number of aromatic nitrogens is 1. The Hall–Kier alpha value is -2.97. The molecule has 1 N–H and O–H groups in total. The fraction of sp³-hybridized carbons (Fsp3) is 0.333. The molecule has 0 aliphatic carbocycles. The lowest BCUT2D eigenvalue weighted by Crippen LogP contribution is -2.35. The number of ether oxygens (including phenoxy) is 1. The molecule has 8 heteroatoms. The predicted octanol–water partition coefficient (Wildman–Crippen LogP) is 3.75. The van der Waals surface area contributed by atoms with Crippen molar-refractivity contribution in [2.45, 2.75) is 37.1 Å². The first-order valence-corrected chi connectivity index (χ1v) is 12.3. The molecular weight excluding hydrogens is 426 g/mol. The molecule has 2 heterocycles. The number of hydrogen-bond acceptors (Lipinski definition) is 6. The van der Waals surface area contributed by atoms with Crippen LogP contribution in [0.5, 0.6) is 0 Å². The topological polar surface area (TPSA) is 88.6 Å². The Morgan fingerprint density at radius 1 is 1.09 bits per heavy atom. The summed E-state index contributed by atoms with van der Waals surface area (Å²) in [7, 11) is -3.61. The third-order valence-corrected chi connectivity index (χ3v) is 7.18. The summed E-state index contributed by atoms with van der Waals surface area (Å²) in [6, 6.07) is 16.3. The van der Waals surface area contributed by atoms with E-state index in [1.807, 2.05) is 36.4 Å². The van der Waals surface area contributed by atoms with Crippen LogP contribution in [0.4, 0.5) is 5.82 Å². The lowest BCUT2D eigenvalue weighted by Gasteiger charge is -2.22. The number of rotatable bonds is 6. The molecule has 1 aliphatic rings. The monoisotopic (exact) mass is 453 g/mol. The predicted molar refractivity (Wildman–Crippen MR) is 124 cm³/mol. The minimum atomic E-state index is -3.61. The summed E-state index contributed by atoms with van der Waals surface area (Å²) in [4.78, 5) is 18.6. The molecule has 0 bridgehead atoms. The molecule has 1 atom stereocenters. The fourth-order valence-electron chi connectivity index (χ4n) is 3.97. The first kappa shape index (κ1) is 22.2. The van der Waals surface area contributed by atoms with Crippen molar-refractivity contribution in [1.29, 1.82) is 0 Å². The molecule has 1 fully saturated rings. The quantitative estimate of drug-likeness (QED) is 0.572. The van der Waals surface area contributed by atoms with Crippen molar-refractivity contribution in [3.63, 3.8) is 0 Å². The Kier molecular flexibility index (Phi) is 6.72. The van der Waals surface area contributed by atoms with Gasteiger partial charge in [0.2, 0.25) is 10.0 Å². The Morgan fingerprint density at radius 2 is 1.91 bits per heavy atom. The van der Waals surface area contributed by atoms with Crippen LogP contribution in [-0.4, -0.2) is 45.1 Å². The number of sulfonamides is 1. The van der Waals surface area contributed by atoms with E-state index in [-0.39, 0.29) is 16.9 Å². The molecule has 1 saturated heterocycles. The van der Waals surface area contributed by atoms with E-state index >= 15 is 0 Å². The van der Waals surface area contributed by atoms with Crippen LogP contribution in [0.3, 0.4) is 0 Å². The highest BCUT2D eigenvalue weighted by molar-refractivity contribution is 7.89. The third kappa shape index (κ3) is 5.08. The van der Waals surface area contributed by atoms with Crippen molar-refractivity contribution >= 4 is 32.6 Å². The summed E-state index contributed by atoms with van der Waals surface area (Å²) in [5, 5.41) is 1.91. The van der Waals surface area contributed by atoms with Crippen molar-refractivity contribution in [1.82, 2.24) is 9.71 Å². The van der Waals surface area contributed by atoms with Gasteiger partial charge in [-0.15, -0.1) is 0 Å². The molecule has 7 nitrogen and oxygen atoms in total. The molecule has 1 unspecified atom stereocenters. The van der Waals surface area contributed by atoms with Gasteiger partial charge >= 0.3 is 5.97 Å². The number of hydrogen-bond donors (Lipinski definition) is 1. The molecule has 2 aromatic carbocycles. The van der Waals surface area contributed by atoms with Gasteiger partial charge in [0.1, 0.15) is 5.82 Å². The number of nitrogens with zero attached hydrogens (tertiary/aromatic N) is 2.